The summed E-state index contributed by atoms with van der Waals surface area (Å²) in [6, 6.07) is 11.6. The number of nitrogens with two attached hydrogens (primary N) is 1. The summed E-state index contributed by atoms with van der Waals surface area (Å²) in [7, 11) is 0. The van der Waals surface area contributed by atoms with E-state index in [1.807, 2.05) is 12.1 Å². The summed E-state index contributed by atoms with van der Waals surface area (Å²) in [6.07, 6.45) is 0.0398. The van der Waals surface area contributed by atoms with Gasteiger partial charge in [-0.25, -0.2) is 4.98 Å². The minimum absolute atomic E-state index is 0.0745. The normalized spacial score (nSPS) is 22.0. The van der Waals surface area contributed by atoms with E-state index >= 15 is 0 Å². The highest BCUT2D eigenvalue weighted by molar-refractivity contribution is 5.78. The third-order valence-corrected chi connectivity index (χ3v) is 6.57. The summed E-state index contributed by atoms with van der Waals surface area (Å²) in [5.41, 5.74) is 6.71. The first-order valence-electron chi connectivity index (χ1n) is 11.4. The molecule has 0 bridgehead atoms. The third-order valence-electron chi connectivity index (χ3n) is 6.57. The van der Waals surface area contributed by atoms with Crippen LogP contribution in [0.15, 0.2) is 42.5 Å². The van der Waals surface area contributed by atoms with Crippen molar-refractivity contribution in [3.05, 3.63) is 59.3 Å². The van der Waals surface area contributed by atoms with Crippen LogP contribution in [0.4, 0.5) is 19.0 Å². The van der Waals surface area contributed by atoms with Crippen molar-refractivity contribution in [2.24, 2.45) is 0 Å². The van der Waals surface area contributed by atoms with Crippen LogP contribution < -0.4 is 16.4 Å². The van der Waals surface area contributed by atoms with Crippen LogP contribution in [0.2, 0.25) is 0 Å². The molecule has 1 aromatic carbocycles. The second-order valence-electron chi connectivity index (χ2n) is 9.01. The van der Waals surface area contributed by atoms with E-state index in [1.165, 1.54) is 6.07 Å². The fraction of sp³-hybridized carbons (Fsp3) is 0.500. The number of amides is 1. The second kappa shape index (κ2) is 10.1. The van der Waals surface area contributed by atoms with Gasteiger partial charge in [-0.15, -0.1) is 0 Å². The third kappa shape index (κ3) is 6.23. The molecule has 9 heteroatoms. The predicted molar refractivity (Wildman–Crippen MR) is 120 cm³/mol. The van der Waals surface area contributed by atoms with E-state index < -0.39 is 11.7 Å². The highest BCUT2D eigenvalue weighted by Gasteiger charge is 2.35. The molecule has 1 aliphatic heterocycles. The SMILES string of the molecule is Nc1cccc(C2CCC(N3CC(NC(=O)CNCc4cccc(C(F)(F)F)c4)C3)CC2)n1. The van der Waals surface area contributed by atoms with Gasteiger partial charge in [-0.05, 0) is 49.4 Å². The Morgan fingerprint density at radius 2 is 1.82 bits per heavy atom. The summed E-state index contributed by atoms with van der Waals surface area (Å²) >= 11 is 0. The molecule has 2 aromatic rings. The van der Waals surface area contributed by atoms with Crippen molar-refractivity contribution >= 4 is 11.7 Å². The number of hydrogen-bond donors (Lipinski definition) is 3. The van der Waals surface area contributed by atoms with Crippen LogP contribution in [0, 0.1) is 0 Å². The van der Waals surface area contributed by atoms with Gasteiger partial charge in [0.05, 0.1) is 18.2 Å². The minimum Gasteiger partial charge on any atom is -0.384 e. The lowest BCUT2D eigenvalue weighted by atomic mass is 9.82. The lowest BCUT2D eigenvalue weighted by Crippen LogP contribution is -2.63. The summed E-state index contributed by atoms with van der Waals surface area (Å²) in [6.45, 7) is 1.96. The van der Waals surface area contributed by atoms with Crippen LogP contribution >= 0.6 is 0 Å². The molecule has 1 amide bonds. The number of nitrogens with zero attached hydrogens (tertiary/aromatic N) is 2. The molecule has 0 unspecified atom stereocenters. The van der Waals surface area contributed by atoms with Gasteiger partial charge in [0.2, 0.25) is 5.91 Å². The Kier molecular flexibility index (Phi) is 7.19. The van der Waals surface area contributed by atoms with Crippen molar-refractivity contribution in [3.63, 3.8) is 0 Å². The van der Waals surface area contributed by atoms with Gasteiger partial charge in [0.15, 0.2) is 0 Å². The number of pyridine rings is 1. The van der Waals surface area contributed by atoms with Crippen LogP contribution in [0.25, 0.3) is 0 Å². The monoisotopic (exact) mass is 461 g/mol. The first-order chi connectivity index (χ1) is 15.8. The molecule has 33 heavy (non-hydrogen) atoms. The number of likely N-dealkylation sites (tertiary alicyclic amines) is 1. The van der Waals surface area contributed by atoms with Crippen molar-refractivity contribution in [1.29, 1.82) is 0 Å². The molecule has 2 aliphatic rings. The quantitative estimate of drug-likeness (QED) is 0.589. The average molecular weight is 462 g/mol. The Labute approximate surface area is 191 Å². The maximum Gasteiger partial charge on any atom is 0.416 e. The molecular formula is C24H30F3N5O. The number of benzene rings is 1. The molecule has 1 aliphatic carbocycles. The molecule has 4 rings (SSSR count). The molecule has 178 valence electrons. The van der Waals surface area contributed by atoms with E-state index in [1.54, 1.807) is 6.07 Å². The number of alkyl halides is 3. The summed E-state index contributed by atoms with van der Waals surface area (Å²) in [4.78, 5) is 19.1. The minimum atomic E-state index is -4.37. The maximum atomic E-state index is 12.8. The molecule has 4 N–H and O–H groups in total. The number of rotatable bonds is 7. The molecule has 2 heterocycles. The van der Waals surface area contributed by atoms with Crippen LogP contribution in [-0.4, -0.2) is 47.5 Å². The molecule has 1 saturated carbocycles. The lowest BCUT2D eigenvalue weighted by molar-refractivity contribution is -0.137. The Bertz CT molecular complexity index is 953. The van der Waals surface area contributed by atoms with Gasteiger partial charge in [0.25, 0.3) is 0 Å². The Balaban J connectivity index is 1.13. The van der Waals surface area contributed by atoms with E-state index in [0.717, 1.165) is 56.6 Å². The summed E-state index contributed by atoms with van der Waals surface area (Å²) in [5.74, 6) is 0.896. The number of hydrogen-bond acceptors (Lipinski definition) is 5. The number of nitrogen functional groups attached to an aromatic ring is 1. The van der Waals surface area contributed by atoms with Crippen molar-refractivity contribution < 1.29 is 18.0 Å². The fourth-order valence-corrected chi connectivity index (χ4v) is 4.79. The van der Waals surface area contributed by atoms with E-state index in [2.05, 4.69) is 26.6 Å². The fourth-order valence-electron chi connectivity index (χ4n) is 4.79. The highest BCUT2D eigenvalue weighted by atomic mass is 19.4. The first kappa shape index (κ1) is 23.5. The molecule has 1 aromatic heterocycles. The molecular weight excluding hydrogens is 431 g/mol. The van der Waals surface area contributed by atoms with Crippen LogP contribution in [-0.2, 0) is 17.5 Å². The van der Waals surface area contributed by atoms with Gasteiger partial charge in [-0.3, -0.25) is 9.69 Å². The second-order valence-corrected chi connectivity index (χ2v) is 9.01. The molecule has 0 atom stereocenters. The van der Waals surface area contributed by atoms with Crippen LogP contribution in [0.5, 0.6) is 0 Å². The number of halogens is 3. The molecule has 6 nitrogen and oxygen atoms in total. The first-order valence-corrected chi connectivity index (χ1v) is 11.4. The number of nitrogens with one attached hydrogen (secondary N) is 2. The van der Waals surface area contributed by atoms with Crippen molar-refractivity contribution in [2.75, 3.05) is 25.4 Å². The summed E-state index contributed by atoms with van der Waals surface area (Å²) < 4.78 is 38.4. The topological polar surface area (TPSA) is 83.3 Å². The van der Waals surface area contributed by atoms with E-state index in [0.29, 0.717) is 23.3 Å². The Morgan fingerprint density at radius 1 is 1.09 bits per heavy atom. The number of anilines is 1. The zero-order valence-corrected chi connectivity index (χ0v) is 18.4. The van der Waals surface area contributed by atoms with Crippen LogP contribution in [0.3, 0.4) is 0 Å². The number of carbonyl (C=O) groups excluding carboxylic acids is 1. The van der Waals surface area contributed by atoms with Crippen LogP contribution in [0.1, 0.15) is 48.4 Å². The zero-order valence-electron chi connectivity index (χ0n) is 18.4. The van der Waals surface area contributed by atoms with Gasteiger partial charge in [-0.2, -0.15) is 13.2 Å². The highest BCUT2D eigenvalue weighted by Crippen LogP contribution is 2.35. The van der Waals surface area contributed by atoms with Gasteiger partial charge in [0, 0.05) is 37.3 Å². The zero-order chi connectivity index (χ0) is 23.4. The number of carbonyl (C=O) groups is 1. The lowest BCUT2D eigenvalue weighted by Gasteiger charge is -2.46. The Morgan fingerprint density at radius 3 is 2.52 bits per heavy atom. The maximum absolute atomic E-state index is 12.8. The van der Waals surface area contributed by atoms with Gasteiger partial charge in [0.1, 0.15) is 5.82 Å². The predicted octanol–water partition coefficient (Wildman–Crippen LogP) is 3.30. The van der Waals surface area contributed by atoms with Gasteiger partial charge >= 0.3 is 6.18 Å². The number of aromatic nitrogens is 1. The molecule has 1 saturated heterocycles. The smallest absolute Gasteiger partial charge is 0.384 e. The van der Waals surface area contributed by atoms with E-state index in [4.69, 9.17) is 5.73 Å². The molecule has 2 fully saturated rings. The molecule has 0 spiro atoms. The van der Waals surface area contributed by atoms with Crippen molar-refractivity contribution in [1.82, 2.24) is 20.5 Å². The molecule has 0 radical (unpaired) electrons. The van der Waals surface area contributed by atoms with Crippen molar-refractivity contribution in [2.45, 2.75) is 56.4 Å². The standard InChI is InChI=1S/C24H30F3N5O/c25-24(26,27)18-4-1-3-16(11-18)12-29-13-23(33)30-19-14-32(15-19)20-9-7-17(8-10-20)21-5-2-6-22(28)31-21/h1-6,11,17,19-20,29H,7-10,12-15H2,(H2,28,31)(H,30,33). The van der Waals surface area contributed by atoms with E-state index in [-0.39, 0.29) is 25.0 Å². The van der Waals surface area contributed by atoms with E-state index in [9.17, 15) is 18.0 Å². The average Bonchev–Trinajstić information content (AvgIpc) is 2.76. The Hall–Kier alpha value is -2.65. The summed E-state index contributed by atoms with van der Waals surface area (Å²) in [5, 5.41) is 5.93. The van der Waals surface area contributed by atoms with Gasteiger partial charge in [-0.1, -0.05) is 24.3 Å². The largest absolute Gasteiger partial charge is 0.416 e. The van der Waals surface area contributed by atoms with Crippen molar-refractivity contribution in [3.8, 4) is 0 Å². The van der Waals surface area contributed by atoms with Gasteiger partial charge < -0.3 is 16.4 Å².